The molecular weight excluding hydrogens is 307 g/mol. The van der Waals surface area contributed by atoms with Crippen LogP contribution in [0.2, 0.25) is 0 Å². The Hall–Kier alpha value is -3.05. The fraction of sp³-hybridized carbons (Fsp3) is 0.263. The van der Waals surface area contributed by atoms with E-state index in [1.165, 1.54) is 26.4 Å². The van der Waals surface area contributed by atoms with E-state index in [0.29, 0.717) is 17.1 Å². The lowest BCUT2D eigenvalue weighted by atomic mass is 9.80. The lowest BCUT2D eigenvalue weighted by molar-refractivity contribution is 0.354. The number of halogens is 1. The molecule has 2 rings (SSSR count). The predicted octanol–water partition coefficient (Wildman–Crippen LogP) is 4.15. The Labute approximate surface area is 140 Å². The summed E-state index contributed by atoms with van der Waals surface area (Å²) in [5.74, 6) is -0.360. The van der Waals surface area contributed by atoms with Crippen LogP contribution in [0.1, 0.15) is 29.4 Å². The van der Waals surface area contributed by atoms with Crippen molar-refractivity contribution >= 4 is 0 Å². The van der Waals surface area contributed by atoms with E-state index >= 15 is 0 Å². The maximum atomic E-state index is 13.5. The smallest absolute Gasteiger partial charge is 0.160 e. The SMILES string of the molecule is COc1ccc([C@H](CC#N)[C@@H](C#N)c2cccc(F)c2)cc1OC. The second-order valence-corrected chi connectivity index (χ2v) is 5.24. The van der Waals surface area contributed by atoms with Crippen molar-refractivity contribution in [1.82, 2.24) is 0 Å². The van der Waals surface area contributed by atoms with Gasteiger partial charge in [-0.15, -0.1) is 0 Å². The third kappa shape index (κ3) is 3.64. The molecule has 0 unspecified atom stereocenters. The van der Waals surface area contributed by atoms with E-state index in [-0.39, 0.29) is 6.42 Å². The number of hydrogen-bond donors (Lipinski definition) is 0. The van der Waals surface area contributed by atoms with E-state index < -0.39 is 17.7 Å². The van der Waals surface area contributed by atoms with Gasteiger partial charge in [0.15, 0.2) is 11.5 Å². The van der Waals surface area contributed by atoms with Gasteiger partial charge in [0.05, 0.1) is 32.3 Å². The van der Waals surface area contributed by atoms with Crippen LogP contribution < -0.4 is 9.47 Å². The summed E-state index contributed by atoms with van der Waals surface area (Å²) < 4.78 is 24.0. The maximum Gasteiger partial charge on any atom is 0.160 e. The van der Waals surface area contributed by atoms with Crippen LogP contribution in [0.25, 0.3) is 0 Å². The zero-order valence-corrected chi connectivity index (χ0v) is 13.5. The largest absolute Gasteiger partial charge is 0.493 e. The van der Waals surface area contributed by atoms with Crippen LogP contribution in [0.5, 0.6) is 11.5 Å². The van der Waals surface area contributed by atoms with E-state index in [4.69, 9.17) is 9.47 Å². The van der Waals surface area contributed by atoms with E-state index in [1.54, 1.807) is 30.3 Å². The van der Waals surface area contributed by atoms with Crippen LogP contribution in [-0.4, -0.2) is 14.2 Å². The van der Waals surface area contributed by atoms with E-state index in [2.05, 4.69) is 12.1 Å². The number of methoxy groups -OCH3 is 2. The number of nitriles is 2. The highest BCUT2D eigenvalue weighted by atomic mass is 19.1. The third-order valence-corrected chi connectivity index (χ3v) is 3.90. The Kier molecular flexibility index (Phi) is 5.76. The fourth-order valence-corrected chi connectivity index (χ4v) is 2.71. The number of ether oxygens (including phenoxy) is 2. The van der Waals surface area contributed by atoms with E-state index in [9.17, 15) is 14.9 Å². The monoisotopic (exact) mass is 324 g/mol. The Bertz CT molecular complexity index is 793. The summed E-state index contributed by atoms with van der Waals surface area (Å²) in [5.41, 5.74) is 1.32. The van der Waals surface area contributed by atoms with Crippen molar-refractivity contribution in [3.63, 3.8) is 0 Å². The first-order valence-corrected chi connectivity index (χ1v) is 7.38. The first-order chi connectivity index (χ1) is 11.6. The van der Waals surface area contributed by atoms with Gasteiger partial charge in [0, 0.05) is 12.3 Å². The maximum absolute atomic E-state index is 13.5. The van der Waals surface area contributed by atoms with Gasteiger partial charge in [0.25, 0.3) is 0 Å². The summed E-state index contributed by atoms with van der Waals surface area (Å²) in [6, 6.07) is 15.5. The van der Waals surface area contributed by atoms with Gasteiger partial charge in [-0.3, -0.25) is 0 Å². The van der Waals surface area contributed by atoms with Gasteiger partial charge in [-0.2, -0.15) is 10.5 Å². The molecule has 0 saturated heterocycles. The molecule has 0 amide bonds. The Balaban J connectivity index is 2.48. The van der Waals surface area contributed by atoms with Gasteiger partial charge in [0.1, 0.15) is 5.82 Å². The normalized spacial score (nSPS) is 12.5. The van der Waals surface area contributed by atoms with Crippen molar-refractivity contribution in [3.05, 3.63) is 59.4 Å². The summed E-state index contributed by atoms with van der Waals surface area (Å²) in [6.45, 7) is 0. The Morgan fingerprint density at radius 1 is 1.00 bits per heavy atom. The van der Waals surface area contributed by atoms with Crippen molar-refractivity contribution in [1.29, 1.82) is 10.5 Å². The van der Waals surface area contributed by atoms with Gasteiger partial charge in [-0.1, -0.05) is 18.2 Å². The molecule has 0 saturated carbocycles. The summed E-state index contributed by atoms with van der Waals surface area (Å²) in [5, 5.41) is 18.8. The van der Waals surface area contributed by atoms with Gasteiger partial charge in [-0.25, -0.2) is 4.39 Å². The van der Waals surface area contributed by atoms with Gasteiger partial charge >= 0.3 is 0 Å². The van der Waals surface area contributed by atoms with Gasteiger partial charge < -0.3 is 9.47 Å². The van der Waals surface area contributed by atoms with Crippen LogP contribution in [0.3, 0.4) is 0 Å². The Morgan fingerprint density at radius 3 is 2.33 bits per heavy atom. The van der Waals surface area contributed by atoms with E-state index in [1.807, 2.05) is 0 Å². The second kappa shape index (κ2) is 7.99. The van der Waals surface area contributed by atoms with Gasteiger partial charge in [0.2, 0.25) is 0 Å². The molecular formula is C19H17FN2O2. The quantitative estimate of drug-likeness (QED) is 0.800. The lowest BCUT2D eigenvalue weighted by Gasteiger charge is -2.21. The van der Waals surface area contributed by atoms with Crippen LogP contribution >= 0.6 is 0 Å². The minimum absolute atomic E-state index is 0.129. The first kappa shape index (κ1) is 17.3. The standard InChI is InChI=1S/C19H17FN2O2/c1-23-18-7-6-14(11-19(18)24-2)16(8-9-21)17(12-22)13-4-3-5-15(20)10-13/h3-7,10-11,16-17H,8H2,1-2H3/t16-,17-/m0/s1. The van der Waals surface area contributed by atoms with Crippen LogP contribution in [0.4, 0.5) is 4.39 Å². The van der Waals surface area contributed by atoms with Crippen molar-refractivity contribution in [3.8, 4) is 23.6 Å². The Morgan fingerprint density at radius 2 is 1.75 bits per heavy atom. The molecule has 2 aromatic rings. The molecule has 0 aliphatic carbocycles. The highest BCUT2D eigenvalue weighted by molar-refractivity contribution is 5.45. The average Bonchev–Trinajstić information content (AvgIpc) is 2.61. The molecule has 4 nitrogen and oxygen atoms in total. The molecule has 5 heteroatoms. The summed E-state index contributed by atoms with van der Waals surface area (Å²) in [4.78, 5) is 0. The molecule has 0 N–H and O–H groups in total. The summed E-state index contributed by atoms with van der Waals surface area (Å²) in [6.07, 6.45) is 0.129. The molecule has 2 atom stereocenters. The average molecular weight is 324 g/mol. The molecule has 0 fully saturated rings. The molecule has 0 aliphatic heterocycles. The third-order valence-electron chi connectivity index (χ3n) is 3.90. The molecule has 0 aliphatic rings. The minimum atomic E-state index is -0.640. The van der Waals surface area contributed by atoms with Crippen molar-refractivity contribution in [2.45, 2.75) is 18.3 Å². The van der Waals surface area contributed by atoms with Crippen molar-refractivity contribution < 1.29 is 13.9 Å². The molecule has 0 spiro atoms. The number of benzene rings is 2. The summed E-state index contributed by atoms with van der Waals surface area (Å²) in [7, 11) is 3.06. The van der Waals surface area contributed by atoms with Crippen LogP contribution in [-0.2, 0) is 0 Å². The topological polar surface area (TPSA) is 66.0 Å². The van der Waals surface area contributed by atoms with Crippen molar-refractivity contribution in [2.75, 3.05) is 14.2 Å². The molecule has 0 radical (unpaired) electrons. The lowest BCUT2D eigenvalue weighted by Crippen LogP contribution is -2.10. The van der Waals surface area contributed by atoms with E-state index in [0.717, 1.165) is 5.56 Å². The first-order valence-electron chi connectivity index (χ1n) is 7.38. The molecule has 122 valence electrons. The molecule has 0 heterocycles. The molecule has 24 heavy (non-hydrogen) atoms. The molecule has 0 aromatic heterocycles. The minimum Gasteiger partial charge on any atom is -0.493 e. The zero-order valence-electron chi connectivity index (χ0n) is 13.5. The van der Waals surface area contributed by atoms with Crippen LogP contribution in [0, 0.1) is 28.5 Å². The predicted molar refractivity (Wildman–Crippen MR) is 87.3 cm³/mol. The highest BCUT2D eigenvalue weighted by Crippen LogP contribution is 2.39. The number of hydrogen-bond acceptors (Lipinski definition) is 4. The second-order valence-electron chi connectivity index (χ2n) is 5.24. The van der Waals surface area contributed by atoms with Gasteiger partial charge in [-0.05, 0) is 35.4 Å². The van der Waals surface area contributed by atoms with Crippen LogP contribution in [0.15, 0.2) is 42.5 Å². The fourth-order valence-electron chi connectivity index (χ4n) is 2.71. The highest BCUT2D eigenvalue weighted by Gasteiger charge is 2.26. The molecule has 0 bridgehead atoms. The van der Waals surface area contributed by atoms with Crippen molar-refractivity contribution in [2.24, 2.45) is 0 Å². The molecule has 2 aromatic carbocycles. The number of nitrogens with zero attached hydrogens (tertiary/aromatic N) is 2. The summed E-state index contributed by atoms with van der Waals surface area (Å²) >= 11 is 0. The zero-order chi connectivity index (χ0) is 17.5. The number of rotatable bonds is 6.